The number of esters is 1. The van der Waals surface area contributed by atoms with Crippen molar-refractivity contribution >= 4 is 17.6 Å². The van der Waals surface area contributed by atoms with Crippen LogP contribution < -0.4 is 15.4 Å². The van der Waals surface area contributed by atoms with Gasteiger partial charge in [-0.05, 0) is 35.6 Å². The van der Waals surface area contributed by atoms with Crippen molar-refractivity contribution in [2.45, 2.75) is 44.4 Å². The van der Waals surface area contributed by atoms with Gasteiger partial charge in [0.1, 0.15) is 23.5 Å². The second-order valence-corrected chi connectivity index (χ2v) is 10.4. The summed E-state index contributed by atoms with van der Waals surface area (Å²) in [5.74, 6) is 0.833. The van der Waals surface area contributed by atoms with Crippen LogP contribution in [0.3, 0.4) is 0 Å². The number of benzene rings is 2. The third-order valence-corrected chi connectivity index (χ3v) is 7.74. The molecule has 2 N–H and O–H groups in total. The average Bonchev–Trinajstić information content (AvgIpc) is 3.70. The fourth-order valence-corrected chi connectivity index (χ4v) is 5.86. The molecule has 10 nitrogen and oxygen atoms in total. The molecule has 3 atom stereocenters. The van der Waals surface area contributed by atoms with Crippen LogP contribution in [0.5, 0.6) is 5.75 Å². The van der Waals surface area contributed by atoms with Gasteiger partial charge in [0.25, 0.3) is 0 Å². The number of carbonyl (C=O) groups is 2. The van der Waals surface area contributed by atoms with Gasteiger partial charge in [0.15, 0.2) is 23.4 Å². The molecule has 4 bridgehead atoms. The smallest absolute Gasteiger partial charge is 0.360 e. The summed E-state index contributed by atoms with van der Waals surface area (Å²) in [4.78, 5) is 34.5. The summed E-state index contributed by atoms with van der Waals surface area (Å²) >= 11 is 0. The Morgan fingerprint density at radius 1 is 1.10 bits per heavy atom. The van der Waals surface area contributed by atoms with E-state index < -0.39 is 23.7 Å². The molecule has 3 aliphatic heterocycles. The molecule has 10 heteroatoms. The summed E-state index contributed by atoms with van der Waals surface area (Å²) in [7, 11) is 1.28. The molecule has 1 spiro atoms. The van der Waals surface area contributed by atoms with Crippen molar-refractivity contribution in [1.29, 1.82) is 0 Å². The van der Waals surface area contributed by atoms with Crippen LogP contribution in [-0.4, -0.2) is 35.2 Å². The lowest BCUT2D eigenvalue weighted by molar-refractivity contribution is -0.122. The summed E-state index contributed by atoms with van der Waals surface area (Å²) < 4.78 is 23.8. The summed E-state index contributed by atoms with van der Waals surface area (Å²) in [6.45, 7) is 3.99. The number of nitrogens with one attached hydrogen (secondary N) is 2. The Hall–Kier alpha value is -4.60. The Balaban J connectivity index is 1.56. The molecule has 1 amide bonds. The molecule has 2 aromatic heterocycles. The minimum Gasteiger partial charge on any atom is -0.469 e. The zero-order valence-corrected chi connectivity index (χ0v) is 21.6. The molecular weight excluding hydrogens is 500 g/mol. The van der Waals surface area contributed by atoms with Crippen molar-refractivity contribution in [2.75, 3.05) is 12.4 Å². The molecule has 2 aromatic carbocycles. The van der Waals surface area contributed by atoms with Gasteiger partial charge in [-0.15, -0.1) is 0 Å². The van der Waals surface area contributed by atoms with E-state index in [4.69, 9.17) is 23.3 Å². The van der Waals surface area contributed by atoms with Gasteiger partial charge in [-0.2, -0.15) is 0 Å². The molecule has 5 heterocycles. The van der Waals surface area contributed by atoms with Crippen molar-refractivity contribution in [3.8, 4) is 17.3 Å². The Morgan fingerprint density at radius 2 is 1.95 bits per heavy atom. The number of ether oxygens (including phenoxy) is 2. The molecular formula is C29H26N4O6. The van der Waals surface area contributed by atoms with Crippen LogP contribution in [-0.2, 0) is 21.4 Å². The number of aromatic nitrogens is 2. The van der Waals surface area contributed by atoms with Crippen LogP contribution in [0.1, 0.15) is 65.1 Å². The lowest BCUT2D eigenvalue weighted by atomic mass is 9.72. The maximum atomic E-state index is 13.0. The highest BCUT2D eigenvalue weighted by Gasteiger charge is 2.61. The molecule has 0 radical (unpaired) electrons. The minimum atomic E-state index is -0.937. The number of hydrogen-bond acceptors (Lipinski definition) is 9. The van der Waals surface area contributed by atoms with Crippen LogP contribution in [0.4, 0.5) is 5.69 Å². The van der Waals surface area contributed by atoms with Gasteiger partial charge < -0.3 is 28.9 Å². The van der Waals surface area contributed by atoms with E-state index in [2.05, 4.69) is 21.7 Å². The van der Waals surface area contributed by atoms with Crippen molar-refractivity contribution in [3.63, 3.8) is 0 Å². The molecule has 0 aliphatic carbocycles. The molecule has 0 saturated heterocycles. The first-order valence-corrected chi connectivity index (χ1v) is 12.9. The minimum absolute atomic E-state index is 0.0129. The largest absolute Gasteiger partial charge is 0.469 e. The van der Waals surface area contributed by atoms with Crippen LogP contribution in [0.15, 0.2) is 57.6 Å². The first-order chi connectivity index (χ1) is 18.9. The molecule has 7 rings (SSSR count). The maximum Gasteiger partial charge on any atom is 0.360 e. The zero-order chi connectivity index (χ0) is 26.9. The van der Waals surface area contributed by atoms with Gasteiger partial charge in [0, 0.05) is 17.7 Å². The fraction of sp³-hybridized carbons (Fsp3) is 0.310. The number of nitrogens with zero attached hydrogens (tertiary/aromatic N) is 2. The zero-order valence-electron chi connectivity index (χ0n) is 21.6. The lowest BCUT2D eigenvalue weighted by Gasteiger charge is -2.27. The van der Waals surface area contributed by atoms with Crippen LogP contribution >= 0.6 is 0 Å². The number of carbonyl (C=O) groups excluding carboxylic acids is 2. The van der Waals surface area contributed by atoms with Gasteiger partial charge in [0.2, 0.25) is 17.7 Å². The molecule has 198 valence electrons. The Kier molecular flexibility index (Phi) is 5.10. The number of oxazole rings is 2. The van der Waals surface area contributed by atoms with E-state index in [9.17, 15) is 9.59 Å². The molecule has 2 unspecified atom stereocenters. The number of aryl methyl sites for hydroxylation is 1. The van der Waals surface area contributed by atoms with E-state index in [0.29, 0.717) is 35.9 Å². The van der Waals surface area contributed by atoms with E-state index in [0.717, 1.165) is 22.4 Å². The topological polar surface area (TPSA) is 129 Å². The van der Waals surface area contributed by atoms with Crippen LogP contribution in [0.2, 0.25) is 0 Å². The maximum absolute atomic E-state index is 13.0. The van der Waals surface area contributed by atoms with E-state index in [1.54, 1.807) is 0 Å². The van der Waals surface area contributed by atoms with Gasteiger partial charge in [-0.1, -0.05) is 44.2 Å². The van der Waals surface area contributed by atoms with Crippen LogP contribution in [0.25, 0.3) is 11.6 Å². The highest BCUT2D eigenvalue weighted by Crippen LogP contribution is 2.59. The Labute approximate surface area is 223 Å². The summed E-state index contributed by atoms with van der Waals surface area (Å²) in [5, 5.41) is 6.63. The van der Waals surface area contributed by atoms with E-state index >= 15 is 0 Å². The SMILES string of the molecule is COC(=O)c1coc(-c2nc3oc2[C@@]24c5ccccc5NC2Oc2ccc(cc24)CCC(=O)NC3C(C)C)n1. The predicted octanol–water partition coefficient (Wildman–Crippen LogP) is 4.35. The normalized spacial score (nSPS) is 22.6. The highest BCUT2D eigenvalue weighted by molar-refractivity contribution is 5.87. The first kappa shape index (κ1) is 23.5. The quantitative estimate of drug-likeness (QED) is 0.374. The third kappa shape index (κ3) is 3.33. The number of methoxy groups -OCH3 is 1. The van der Waals surface area contributed by atoms with E-state index in [-0.39, 0.29) is 23.4 Å². The number of hydrogen-bond donors (Lipinski definition) is 2. The highest BCUT2D eigenvalue weighted by atomic mass is 16.5. The number of para-hydroxylation sites is 1. The average molecular weight is 527 g/mol. The van der Waals surface area contributed by atoms with Gasteiger partial charge in [-0.25, -0.2) is 14.8 Å². The predicted molar refractivity (Wildman–Crippen MR) is 138 cm³/mol. The van der Waals surface area contributed by atoms with Crippen molar-refractivity contribution < 1.29 is 27.9 Å². The lowest BCUT2D eigenvalue weighted by Crippen LogP contribution is -2.40. The second-order valence-electron chi connectivity index (χ2n) is 10.4. The van der Waals surface area contributed by atoms with E-state index in [1.807, 2.05) is 50.2 Å². The molecule has 4 aromatic rings. The van der Waals surface area contributed by atoms with Crippen molar-refractivity contribution in [1.82, 2.24) is 15.3 Å². The van der Waals surface area contributed by atoms with Gasteiger partial charge >= 0.3 is 5.97 Å². The molecule has 0 saturated carbocycles. The second kappa shape index (κ2) is 8.45. The monoisotopic (exact) mass is 526 g/mol. The van der Waals surface area contributed by atoms with Gasteiger partial charge in [-0.3, -0.25) is 4.79 Å². The third-order valence-electron chi connectivity index (χ3n) is 7.74. The summed E-state index contributed by atoms with van der Waals surface area (Å²) in [6, 6.07) is 13.5. The first-order valence-electron chi connectivity index (χ1n) is 12.9. The number of rotatable bonds is 3. The summed E-state index contributed by atoms with van der Waals surface area (Å²) in [5.41, 5.74) is 3.16. The van der Waals surface area contributed by atoms with Crippen molar-refractivity contribution in [2.24, 2.45) is 5.92 Å². The molecule has 0 fully saturated rings. The molecule has 3 aliphatic rings. The summed E-state index contributed by atoms with van der Waals surface area (Å²) in [6.07, 6.45) is 1.59. The number of amides is 1. The van der Waals surface area contributed by atoms with E-state index in [1.165, 1.54) is 13.4 Å². The van der Waals surface area contributed by atoms with Gasteiger partial charge in [0.05, 0.1) is 7.11 Å². The Morgan fingerprint density at radius 3 is 2.77 bits per heavy atom. The standard InChI is InChI=1S/C29H26N4O6/c1-14(2)22-26-33-23(25-30-19(13-37-25)27(35)36-3)24(39-26)29-16-6-4-5-7-18(16)31-28(29)38-20-10-8-15(12-17(20)29)9-11-21(34)32-22/h4-8,10,12-14,22,28,31H,9,11H2,1-3H3,(H,32,34)/t22?,28?,29-/m0/s1. The number of anilines is 1. The molecule has 39 heavy (non-hydrogen) atoms. The fourth-order valence-electron chi connectivity index (χ4n) is 5.86. The van der Waals surface area contributed by atoms with Crippen molar-refractivity contribution in [3.05, 3.63) is 82.8 Å². The van der Waals surface area contributed by atoms with Crippen LogP contribution in [0, 0.1) is 5.92 Å². The Bertz CT molecular complexity index is 1640. The number of fused-ring (bicyclic) bond motifs is 4.